The van der Waals surface area contributed by atoms with Crippen LogP contribution in [0.1, 0.15) is 25.3 Å². The number of hydrogen-bond acceptors (Lipinski definition) is 3. The standard InChI is InChI=1S/C14H21NO2/c1-11(13-6-4-3-5-7-13)12(2)15-10-14-16-8-9-17-14/h3-7,11-12,14-15H,8-10H2,1-2H3/t11-,12-/m0/s1. The summed E-state index contributed by atoms with van der Waals surface area (Å²) in [6, 6.07) is 11.0. The largest absolute Gasteiger partial charge is 0.349 e. The third-order valence-electron chi connectivity index (χ3n) is 3.37. The summed E-state index contributed by atoms with van der Waals surface area (Å²) in [6.07, 6.45) is -0.0691. The molecule has 3 heteroatoms. The molecule has 1 saturated heterocycles. The summed E-state index contributed by atoms with van der Waals surface area (Å²) in [6.45, 7) is 6.64. The number of hydrogen-bond donors (Lipinski definition) is 1. The first-order valence-corrected chi connectivity index (χ1v) is 6.29. The van der Waals surface area contributed by atoms with E-state index >= 15 is 0 Å². The van der Waals surface area contributed by atoms with Crippen LogP contribution in [0.25, 0.3) is 0 Å². The molecule has 0 spiro atoms. The molecule has 1 aliphatic rings. The molecule has 3 nitrogen and oxygen atoms in total. The monoisotopic (exact) mass is 235 g/mol. The SMILES string of the molecule is C[C@H](NCC1OCCO1)[C@H](C)c1ccccc1. The molecule has 1 aromatic carbocycles. The maximum absolute atomic E-state index is 5.40. The smallest absolute Gasteiger partial charge is 0.170 e. The lowest BCUT2D eigenvalue weighted by molar-refractivity contribution is -0.0406. The maximum atomic E-state index is 5.40. The van der Waals surface area contributed by atoms with Gasteiger partial charge in [-0.15, -0.1) is 0 Å². The first-order chi connectivity index (χ1) is 8.27. The molecule has 1 aromatic rings. The summed E-state index contributed by atoms with van der Waals surface area (Å²) in [5, 5.41) is 3.47. The van der Waals surface area contributed by atoms with Crippen LogP contribution in [0.15, 0.2) is 30.3 Å². The molecule has 0 unspecified atom stereocenters. The van der Waals surface area contributed by atoms with Crippen molar-refractivity contribution in [2.24, 2.45) is 0 Å². The number of benzene rings is 1. The van der Waals surface area contributed by atoms with Gasteiger partial charge in [0.1, 0.15) is 0 Å². The molecular formula is C14H21NO2. The zero-order valence-corrected chi connectivity index (χ0v) is 10.6. The van der Waals surface area contributed by atoms with E-state index in [1.807, 2.05) is 0 Å². The second-order valence-corrected chi connectivity index (χ2v) is 4.57. The van der Waals surface area contributed by atoms with Crippen LogP contribution in [0.2, 0.25) is 0 Å². The molecule has 0 radical (unpaired) electrons. The molecule has 0 amide bonds. The molecule has 17 heavy (non-hydrogen) atoms. The van der Waals surface area contributed by atoms with Gasteiger partial charge < -0.3 is 14.8 Å². The highest BCUT2D eigenvalue weighted by Crippen LogP contribution is 2.18. The normalized spacial score (nSPS) is 20.4. The van der Waals surface area contributed by atoms with Crippen molar-refractivity contribution in [2.75, 3.05) is 19.8 Å². The Hall–Kier alpha value is -0.900. The zero-order chi connectivity index (χ0) is 12.1. The Morgan fingerprint density at radius 1 is 1.18 bits per heavy atom. The van der Waals surface area contributed by atoms with E-state index in [1.54, 1.807) is 0 Å². The van der Waals surface area contributed by atoms with Crippen molar-refractivity contribution in [1.82, 2.24) is 5.32 Å². The van der Waals surface area contributed by atoms with E-state index in [4.69, 9.17) is 9.47 Å². The summed E-state index contributed by atoms with van der Waals surface area (Å²) < 4.78 is 10.8. The number of rotatable bonds is 5. The van der Waals surface area contributed by atoms with Crippen LogP contribution in [0, 0.1) is 0 Å². The Balaban J connectivity index is 1.80. The van der Waals surface area contributed by atoms with Gasteiger partial charge in [0.05, 0.1) is 13.2 Å². The van der Waals surface area contributed by atoms with Crippen LogP contribution in [-0.2, 0) is 9.47 Å². The minimum atomic E-state index is -0.0691. The van der Waals surface area contributed by atoms with Gasteiger partial charge in [0.2, 0.25) is 0 Å². The molecule has 2 atom stereocenters. The van der Waals surface area contributed by atoms with Gasteiger partial charge in [-0.3, -0.25) is 0 Å². The molecule has 1 N–H and O–H groups in total. The van der Waals surface area contributed by atoms with Gasteiger partial charge in [-0.05, 0) is 18.4 Å². The lowest BCUT2D eigenvalue weighted by Gasteiger charge is -2.23. The minimum Gasteiger partial charge on any atom is -0.349 e. The molecule has 0 saturated carbocycles. The fourth-order valence-corrected chi connectivity index (χ4v) is 2.03. The van der Waals surface area contributed by atoms with Gasteiger partial charge in [-0.2, -0.15) is 0 Å². The fourth-order valence-electron chi connectivity index (χ4n) is 2.03. The summed E-state index contributed by atoms with van der Waals surface area (Å²) in [5.41, 5.74) is 1.36. The highest BCUT2D eigenvalue weighted by atomic mass is 16.7. The topological polar surface area (TPSA) is 30.5 Å². The van der Waals surface area contributed by atoms with E-state index in [9.17, 15) is 0 Å². The first kappa shape index (κ1) is 12.6. The highest BCUT2D eigenvalue weighted by molar-refractivity contribution is 5.20. The van der Waals surface area contributed by atoms with Crippen LogP contribution < -0.4 is 5.32 Å². The molecular weight excluding hydrogens is 214 g/mol. The van der Waals surface area contributed by atoms with E-state index in [2.05, 4.69) is 49.5 Å². The molecule has 2 rings (SSSR count). The van der Waals surface area contributed by atoms with Crippen molar-refractivity contribution in [3.05, 3.63) is 35.9 Å². The molecule has 0 aliphatic carbocycles. The van der Waals surface area contributed by atoms with Crippen molar-refractivity contribution >= 4 is 0 Å². The fraction of sp³-hybridized carbons (Fsp3) is 0.571. The molecule has 0 bridgehead atoms. The summed E-state index contributed by atoms with van der Waals surface area (Å²) in [7, 11) is 0. The summed E-state index contributed by atoms with van der Waals surface area (Å²) in [5.74, 6) is 0.484. The summed E-state index contributed by atoms with van der Waals surface area (Å²) in [4.78, 5) is 0. The van der Waals surface area contributed by atoms with E-state index in [0.29, 0.717) is 12.0 Å². The minimum absolute atomic E-state index is 0.0691. The molecule has 94 valence electrons. The quantitative estimate of drug-likeness (QED) is 0.848. The predicted octanol–water partition coefficient (Wildman–Crippen LogP) is 2.14. The van der Waals surface area contributed by atoms with Crippen molar-refractivity contribution < 1.29 is 9.47 Å². The third kappa shape index (κ3) is 3.53. The van der Waals surface area contributed by atoms with Crippen LogP contribution in [-0.4, -0.2) is 32.1 Å². The number of nitrogens with one attached hydrogen (secondary N) is 1. The van der Waals surface area contributed by atoms with Gasteiger partial charge in [-0.1, -0.05) is 37.3 Å². The van der Waals surface area contributed by atoms with Gasteiger partial charge in [-0.25, -0.2) is 0 Å². The molecule has 1 fully saturated rings. The Bertz CT molecular complexity index is 322. The van der Waals surface area contributed by atoms with E-state index in [1.165, 1.54) is 5.56 Å². The first-order valence-electron chi connectivity index (χ1n) is 6.29. The Kier molecular flexibility index (Phi) is 4.54. The van der Waals surface area contributed by atoms with Crippen LogP contribution in [0.5, 0.6) is 0 Å². The Morgan fingerprint density at radius 3 is 2.47 bits per heavy atom. The van der Waals surface area contributed by atoms with Crippen LogP contribution >= 0.6 is 0 Å². The van der Waals surface area contributed by atoms with Gasteiger partial charge in [0.25, 0.3) is 0 Å². The van der Waals surface area contributed by atoms with Crippen molar-refractivity contribution in [3.63, 3.8) is 0 Å². The molecule has 0 aromatic heterocycles. The van der Waals surface area contributed by atoms with Crippen LogP contribution in [0.4, 0.5) is 0 Å². The van der Waals surface area contributed by atoms with Gasteiger partial charge >= 0.3 is 0 Å². The zero-order valence-electron chi connectivity index (χ0n) is 10.6. The number of ether oxygens (including phenoxy) is 2. The average Bonchev–Trinajstić information content (AvgIpc) is 2.89. The van der Waals surface area contributed by atoms with E-state index in [0.717, 1.165) is 19.8 Å². The molecule has 1 heterocycles. The van der Waals surface area contributed by atoms with Gasteiger partial charge in [0, 0.05) is 12.6 Å². The average molecular weight is 235 g/mol. The third-order valence-corrected chi connectivity index (χ3v) is 3.37. The second-order valence-electron chi connectivity index (χ2n) is 4.57. The lowest BCUT2D eigenvalue weighted by atomic mass is 9.94. The van der Waals surface area contributed by atoms with Crippen molar-refractivity contribution in [3.8, 4) is 0 Å². The molecule has 1 aliphatic heterocycles. The lowest BCUT2D eigenvalue weighted by Crippen LogP contribution is -2.37. The highest BCUT2D eigenvalue weighted by Gasteiger charge is 2.19. The Labute approximate surface area is 103 Å². The van der Waals surface area contributed by atoms with Crippen LogP contribution in [0.3, 0.4) is 0 Å². The Morgan fingerprint density at radius 2 is 1.82 bits per heavy atom. The maximum Gasteiger partial charge on any atom is 0.170 e. The predicted molar refractivity (Wildman–Crippen MR) is 68.0 cm³/mol. The van der Waals surface area contributed by atoms with E-state index in [-0.39, 0.29) is 6.29 Å². The van der Waals surface area contributed by atoms with Gasteiger partial charge in [0.15, 0.2) is 6.29 Å². The second kappa shape index (κ2) is 6.15. The summed E-state index contributed by atoms with van der Waals surface area (Å²) >= 11 is 0. The van der Waals surface area contributed by atoms with Crippen molar-refractivity contribution in [2.45, 2.75) is 32.1 Å². The van der Waals surface area contributed by atoms with Crippen molar-refractivity contribution in [1.29, 1.82) is 0 Å². The van der Waals surface area contributed by atoms with E-state index < -0.39 is 0 Å².